The SMILES string of the molecule is O=C(C(Br)Br)n1cnc2c3cnccc3ccc21. The van der Waals surface area contributed by atoms with Gasteiger partial charge < -0.3 is 0 Å². The summed E-state index contributed by atoms with van der Waals surface area (Å²) in [6, 6.07) is 5.78. The number of imidazole rings is 1. The van der Waals surface area contributed by atoms with Gasteiger partial charge in [0.05, 0.1) is 11.0 Å². The molecule has 0 aliphatic rings. The van der Waals surface area contributed by atoms with Crippen molar-refractivity contribution in [1.82, 2.24) is 14.5 Å². The molecule has 18 heavy (non-hydrogen) atoms. The molecule has 4 nitrogen and oxygen atoms in total. The van der Waals surface area contributed by atoms with Crippen LogP contribution in [0, 0.1) is 0 Å². The standard InChI is InChI=1S/C12H7Br2N3O/c13-11(14)12(18)17-6-16-10-8-5-15-4-3-7(8)1-2-9(10)17/h1-6,11H. The Morgan fingerprint density at radius 1 is 1.28 bits per heavy atom. The van der Waals surface area contributed by atoms with Crippen molar-refractivity contribution in [2.75, 3.05) is 0 Å². The van der Waals surface area contributed by atoms with Gasteiger partial charge in [-0.15, -0.1) is 0 Å². The number of hydrogen-bond donors (Lipinski definition) is 0. The molecule has 6 heteroatoms. The van der Waals surface area contributed by atoms with E-state index in [1.807, 2.05) is 18.2 Å². The molecule has 0 N–H and O–H groups in total. The largest absolute Gasteiger partial charge is 0.272 e. The highest BCUT2D eigenvalue weighted by atomic mass is 79.9. The van der Waals surface area contributed by atoms with Gasteiger partial charge in [-0.25, -0.2) is 4.98 Å². The molecule has 2 aromatic heterocycles. The molecule has 0 saturated carbocycles. The molecule has 0 radical (unpaired) electrons. The molecule has 0 aliphatic heterocycles. The second-order valence-corrected chi connectivity index (χ2v) is 6.84. The summed E-state index contributed by atoms with van der Waals surface area (Å²) < 4.78 is 1.10. The summed E-state index contributed by atoms with van der Waals surface area (Å²) in [5.41, 5.74) is 1.57. The van der Waals surface area contributed by atoms with E-state index in [-0.39, 0.29) is 5.91 Å². The molecule has 0 bridgehead atoms. The maximum absolute atomic E-state index is 12.0. The van der Waals surface area contributed by atoms with Gasteiger partial charge in [-0.05, 0) is 17.5 Å². The van der Waals surface area contributed by atoms with Gasteiger partial charge in [-0.1, -0.05) is 37.9 Å². The highest BCUT2D eigenvalue weighted by Gasteiger charge is 2.16. The third-order valence-electron chi connectivity index (χ3n) is 2.76. The summed E-state index contributed by atoms with van der Waals surface area (Å²) in [5.74, 6) is -0.110. The molecule has 0 atom stereocenters. The number of rotatable bonds is 1. The Morgan fingerprint density at radius 3 is 2.89 bits per heavy atom. The van der Waals surface area contributed by atoms with Gasteiger partial charge in [0.15, 0.2) is 0 Å². The minimum atomic E-state index is -0.424. The fraction of sp³-hybridized carbons (Fsp3) is 0.0833. The van der Waals surface area contributed by atoms with E-state index in [0.29, 0.717) is 0 Å². The Balaban J connectivity index is 2.33. The summed E-state index contributed by atoms with van der Waals surface area (Å²) in [7, 11) is 0. The molecule has 0 aliphatic carbocycles. The average molecular weight is 369 g/mol. The quantitative estimate of drug-likeness (QED) is 0.619. The summed E-state index contributed by atoms with van der Waals surface area (Å²) in [6.45, 7) is 0. The first-order valence-corrected chi connectivity index (χ1v) is 7.04. The van der Waals surface area contributed by atoms with Crippen molar-refractivity contribution in [3.05, 3.63) is 36.9 Å². The number of pyridine rings is 1. The van der Waals surface area contributed by atoms with Crippen LogP contribution in [0.5, 0.6) is 0 Å². The maximum Gasteiger partial charge on any atom is 0.256 e. The van der Waals surface area contributed by atoms with E-state index in [0.717, 1.165) is 21.8 Å². The smallest absolute Gasteiger partial charge is 0.256 e. The van der Waals surface area contributed by atoms with E-state index < -0.39 is 3.74 Å². The maximum atomic E-state index is 12.0. The molecular weight excluding hydrogens is 362 g/mol. The number of carbonyl (C=O) groups is 1. The molecule has 3 rings (SSSR count). The molecule has 90 valence electrons. The van der Waals surface area contributed by atoms with Gasteiger partial charge >= 0.3 is 0 Å². The molecule has 1 aromatic carbocycles. The third kappa shape index (κ3) is 1.76. The molecule has 0 spiro atoms. The van der Waals surface area contributed by atoms with E-state index in [1.165, 1.54) is 10.9 Å². The Hall–Kier alpha value is -1.27. The first-order chi connectivity index (χ1) is 8.68. The monoisotopic (exact) mass is 367 g/mol. The summed E-state index contributed by atoms with van der Waals surface area (Å²) in [6.07, 6.45) is 5.04. The summed E-state index contributed by atoms with van der Waals surface area (Å²) in [4.78, 5) is 20.4. The van der Waals surface area contributed by atoms with Crippen LogP contribution in [0.2, 0.25) is 0 Å². The van der Waals surface area contributed by atoms with E-state index >= 15 is 0 Å². The number of benzene rings is 1. The van der Waals surface area contributed by atoms with Gasteiger partial charge in [0.1, 0.15) is 10.1 Å². The van der Waals surface area contributed by atoms with Crippen LogP contribution in [0.25, 0.3) is 21.8 Å². The Labute approximate surface area is 119 Å². The second-order valence-electron chi connectivity index (χ2n) is 3.78. The molecule has 2 heterocycles. The van der Waals surface area contributed by atoms with E-state index in [4.69, 9.17) is 0 Å². The number of nitrogens with zero attached hydrogens (tertiary/aromatic N) is 3. The van der Waals surface area contributed by atoms with E-state index in [2.05, 4.69) is 41.8 Å². The van der Waals surface area contributed by atoms with E-state index in [1.54, 1.807) is 12.4 Å². The Bertz CT molecular complexity index is 751. The van der Waals surface area contributed by atoms with Gasteiger partial charge in [0.25, 0.3) is 5.91 Å². The summed E-state index contributed by atoms with van der Waals surface area (Å²) in [5, 5.41) is 2.01. The number of carbonyl (C=O) groups excluding carboxylic acids is 1. The van der Waals surface area contributed by atoms with Crippen molar-refractivity contribution in [2.24, 2.45) is 0 Å². The average Bonchev–Trinajstić information content (AvgIpc) is 2.81. The van der Waals surface area contributed by atoms with Gasteiger partial charge in [0, 0.05) is 17.8 Å². The number of aromatic nitrogens is 3. The number of alkyl halides is 2. The zero-order chi connectivity index (χ0) is 12.7. The lowest BCUT2D eigenvalue weighted by Crippen LogP contribution is -2.15. The normalized spacial score (nSPS) is 11.5. The van der Waals surface area contributed by atoms with Gasteiger partial charge in [-0.2, -0.15) is 0 Å². The minimum absolute atomic E-state index is 0.110. The lowest BCUT2D eigenvalue weighted by Gasteiger charge is -2.04. The fourth-order valence-corrected chi connectivity index (χ4v) is 2.36. The zero-order valence-electron chi connectivity index (χ0n) is 9.05. The van der Waals surface area contributed by atoms with Crippen LogP contribution in [-0.4, -0.2) is 24.2 Å². The first-order valence-electron chi connectivity index (χ1n) is 5.20. The zero-order valence-corrected chi connectivity index (χ0v) is 12.2. The van der Waals surface area contributed by atoms with Crippen LogP contribution in [0.15, 0.2) is 36.9 Å². The minimum Gasteiger partial charge on any atom is -0.272 e. The van der Waals surface area contributed by atoms with Crippen molar-refractivity contribution in [3.8, 4) is 0 Å². The molecular formula is C12H7Br2N3O. The van der Waals surface area contributed by atoms with Gasteiger partial charge in [-0.3, -0.25) is 14.3 Å². The Kier molecular flexibility index (Phi) is 2.91. The fourth-order valence-electron chi connectivity index (χ4n) is 1.92. The second kappa shape index (κ2) is 4.44. The molecule has 0 fully saturated rings. The van der Waals surface area contributed by atoms with Crippen LogP contribution in [0.4, 0.5) is 0 Å². The molecule has 0 unspecified atom stereocenters. The molecule has 0 saturated heterocycles. The van der Waals surface area contributed by atoms with Crippen LogP contribution in [0.3, 0.4) is 0 Å². The summed E-state index contributed by atoms with van der Waals surface area (Å²) >= 11 is 6.41. The predicted molar refractivity (Wildman–Crippen MR) is 77.3 cm³/mol. The lowest BCUT2D eigenvalue weighted by molar-refractivity contribution is 0.0941. The number of halogens is 2. The Morgan fingerprint density at radius 2 is 2.11 bits per heavy atom. The van der Waals surface area contributed by atoms with Crippen LogP contribution < -0.4 is 0 Å². The van der Waals surface area contributed by atoms with Crippen molar-refractivity contribution in [1.29, 1.82) is 0 Å². The number of hydrogen-bond acceptors (Lipinski definition) is 3. The number of fused-ring (bicyclic) bond motifs is 3. The van der Waals surface area contributed by atoms with Crippen LogP contribution >= 0.6 is 31.9 Å². The topological polar surface area (TPSA) is 47.8 Å². The van der Waals surface area contributed by atoms with E-state index in [9.17, 15) is 4.79 Å². The van der Waals surface area contributed by atoms with Crippen molar-refractivity contribution in [2.45, 2.75) is 3.74 Å². The molecule has 3 aromatic rings. The predicted octanol–water partition coefficient (Wildman–Crippen LogP) is 3.34. The highest BCUT2D eigenvalue weighted by molar-refractivity contribution is 9.25. The third-order valence-corrected chi connectivity index (χ3v) is 3.54. The van der Waals surface area contributed by atoms with Crippen LogP contribution in [-0.2, 0) is 0 Å². The highest BCUT2D eigenvalue weighted by Crippen LogP contribution is 2.24. The molecule has 0 amide bonds. The van der Waals surface area contributed by atoms with Gasteiger partial charge in [0.2, 0.25) is 0 Å². The first kappa shape index (κ1) is 11.8. The van der Waals surface area contributed by atoms with Crippen molar-refractivity contribution < 1.29 is 4.79 Å². The van der Waals surface area contributed by atoms with Crippen molar-refractivity contribution in [3.63, 3.8) is 0 Å². The van der Waals surface area contributed by atoms with Crippen LogP contribution in [0.1, 0.15) is 4.79 Å². The van der Waals surface area contributed by atoms with Crippen molar-refractivity contribution >= 4 is 59.6 Å². The lowest BCUT2D eigenvalue weighted by atomic mass is 10.1.